The van der Waals surface area contributed by atoms with Gasteiger partial charge in [-0.15, -0.1) is 0 Å². The summed E-state index contributed by atoms with van der Waals surface area (Å²) in [4.78, 5) is 0. The summed E-state index contributed by atoms with van der Waals surface area (Å²) in [7, 11) is 0. The molecule has 0 bridgehead atoms. The number of ether oxygens (including phenoxy) is 4. The van der Waals surface area contributed by atoms with E-state index in [1.54, 1.807) is 0 Å². The van der Waals surface area contributed by atoms with E-state index in [4.69, 9.17) is 18.9 Å². The molecule has 0 aliphatic rings. The minimum absolute atomic E-state index is 0. The van der Waals surface area contributed by atoms with Gasteiger partial charge in [0.2, 0.25) is 0 Å². The molecule has 0 aliphatic heterocycles. The molecule has 0 atom stereocenters. The molecule has 0 rings (SSSR count). The molecule has 0 amide bonds. The summed E-state index contributed by atoms with van der Waals surface area (Å²) in [6.07, 6.45) is 18.9. The number of unbranched alkanes of at least 4 members (excludes halogenated alkanes) is 10. The minimum atomic E-state index is 0. The molecule has 0 aromatic carbocycles. The Morgan fingerprint density at radius 3 is 1.13 bits per heavy atom. The molecule has 0 unspecified atom stereocenters. The summed E-state index contributed by atoms with van der Waals surface area (Å²) >= 11 is 0. The zero-order valence-corrected chi connectivity index (χ0v) is 21.8. The Morgan fingerprint density at radius 1 is 0.500 bits per heavy atom. The van der Waals surface area contributed by atoms with Crippen LogP contribution in [0.15, 0.2) is 0 Å². The summed E-state index contributed by atoms with van der Waals surface area (Å²) in [6, 6.07) is 0. The third kappa shape index (κ3) is 42.9. The molecule has 0 spiro atoms. The van der Waals surface area contributed by atoms with Crippen molar-refractivity contribution in [3.8, 4) is 0 Å². The smallest absolute Gasteiger partial charge is 0.356 e. The Balaban J connectivity index is -0.000000211. The molecular formula is C24H50CuLiO4. The summed E-state index contributed by atoms with van der Waals surface area (Å²) in [6.45, 7) is 12.8. The van der Waals surface area contributed by atoms with Crippen LogP contribution in [0.5, 0.6) is 0 Å². The maximum absolute atomic E-state index is 5.33. The summed E-state index contributed by atoms with van der Waals surface area (Å²) in [5, 5.41) is 0. The molecule has 0 saturated heterocycles. The van der Waals surface area contributed by atoms with Gasteiger partial charge < -0.3 is 31.8 Å². The molecule has 0 aromatic heterocycles. The molecule has 0 aliphatic carbocycles. The van der Waals surface area contributed by atoms with Gasteiger partial charge in [0.15, 0.2) is 0 Å². The van der Waals surface area contributed by atoms with Crippen LogP contribution in [0.2, 0.25) is 0 Å². The van der Waals surface area contributed by atoms with Gasteiger partial charge in [0, 0.05) is 45.3 Å². The molecule has 6 heteroatoms. The molecule has 0 heterocycles. The van der Waals surface area contributed by atoms with Crippen molar-refractivity contribution in [1.82, 2.24) is 0 Å². The van der Waals surface area contributed by atoms with E-state index in [0.717, 1.165) is 52.1 Å². The van der Waals surface area contributed by atoms with Gasteiger partial charge >= 0.3 is 17.1 Å². The molecule has 2 radical (unpaired) electrons. The number of rotatable bonds is 22. The molecular weight excluding hydrogens is 423 g/mol. The Hall–Kier alpha value is 0.957. The third-order valence-corrected chi connectivity index (χ3v) is 4.18. The molecule has 0 aromatic rings. The van der Waals surface area contributed by atoms with Crippen molar-refractivity contribution in [1.29, 1.82) is 0 Å². The Morgan fingerprint density at radius 2 is 0.833 bits per heavy atom. The van der Waals surface area contributed by atoms with Crippen LogP contribution in [0.1, 0.15) is 105 Å². The van der Waals surface area contributed by atoms with Gasteiger partial charge in [-0.1, -0.05) is 65.2 Å². The van der Waals surface area contributed by atoms with Crippen molar-refractivity contribution in [2.45, 2.75) is 105 Å². The van der Waals surface area contributed by atoms with Crippen molar-refractivity contribution in [3.05, 3.63) is 12.8 Å². The predicted octanol–water partition coefficient (Wildman–Crippen LogP) is 6.74. The second kappa shape index (κ2) is 40.3. The van der Waals surface area contributed by atoms with Crippen molar-refractivity contribution in [2.75, 3.05) is 40.0 Å². The van der Waals surface area contributed by atoms with Crippen LogP contribution < -0.4 is 0 Å². The Kier molecular flexibility index (Phi) is 51.4. The summed E-state index contributed by atoms with van der Waals surface area (Å²) in [5.41, 5.74) is 0. The van der Waals surface area contributed by atoms with Gasteiger partial charge in [-0.05, 0) is 12.8 Å². The van der Waals surface area contributed by atoms with Crippen LogP contribution in [0.4, 0.5) is 0 Å². The predicted molar refractivity (Wildman–Crippen MR) is 126 cm³/mol. The third-order valence-electron chi connectivity index (χ3n) is 4.18. The largest absolute Gasteiger partial charge is 2.00 e. The Bertz CT molecular complexity index is 201. The van der Waals surface area contributed by atoms with Gasteiger partial charge in [-0.3, -0.25) is 0 Å². The average molecular weight is 473 g/mol. The topological polar surface area (TPSA) is 36.9 Å². The fourth-order valence-corrected chi connectivity index (χ4v) is 2.39. The SMILES string of the molecule is C[CH-]CCCOCOCCCCCC.C[CH-]CCCOCOCCCCCC.[Cu+2].[Li]. The van der Waals surface area contributed by atoms with Crippen LogP contribution >= 0.6 is 0 Å². The second-order valence-corrected chi connectivity index (χ2v) is 7.09. The normalized spacial score (nSPS) is 10.0. The monoisotopic (exact) mass is 472 g/mol. The van der Waals surface area contributed by atoms with Crippen molar-refractivity contribution in [2.24, 2.45) is 0 Å². The molecule has 182 valence electrons. The van der Waals surface area contributed by atoms with E-state index in [-0.39, 0.29) is 35.9 Å². The van der Waals surface area contributed by atoms with Gasteiger partial charge in [0.25, 0.3) is 0 Å². The second-order valence-electron chi connectivity index (χ2n) is 7.09. The first-order valence-electron chi connectivity index (χ1n) is 11.7. The van der Waals surface area contributed by atoms with Gasteiger partial charge in [-0.2, -0.15) is 26.7 Å². The molecule has 30 heavy (non-hydrogen) atoms. The molecule has 0 fully saturated rings. The average Bonchev–Trinajstić information content (AvgIpc) is 2.71. The van der Waals surface area contributed by atoms with Gasteiger partial charge in [0.05, 0.1) is 0 Å². The van der Waals surface area contributed by atoms with Crippen LogP contribution in [0.3, 0.4) is 0 Å². The maximum Gasteiger partial charge on any atom is 2.00 e. The van der Waals surface area contributed by atoms with Crippen LogP contribution in [-0.2, 0) is 36.0 Å². The van der Waals surface area contributed by atoms with E-state index >= 15 is 0 Å². The first kappa shape index (κ1) is 38.2. The van der Waals surface area contributed by atoms with Crippen LogP contribution in [-0.4, -0.2) is 58.9 Å². The van der Waals surface area contributed by atoms with Gasteiger partial charge in [-0.25, -0.2) is 0 Å². The molecule has 0 saturated carbocycles. The van der Waals surface area contributed by atoms with Crippen LogP contribution in [0.25, 0.3) is 0 Å². The van der Waals surface area contributed by atoms with Crippen molar-refractivity contribution in [3.63, 3.8) is 0 Å². The van der Waals surface area contributed by atoms with E-state index < -0.39 is 0 Å². The van der Waals surface area contributed by atoms with Crippen molar-refractivity contribution < 1.29 is 36.0 Å². The van der Waals surface area contributed by atoms with E-state index in [9.17, 15) is 0 Å². The zero-order valence-electron chi connectivity index (χ0n) is 20.8. The zero-order chi connectivity index (χ0) is 21.0. The van der Waals surface area contributed by atoms with E-state index in [0.29, 0.717) is 13.6 Å². The molecule has 4 nitrogen and oxygen atoms in total. The minimum Gasteiger partial charge on any atom is -0.356 e. The standard InChI is InChI=1S/2C12H25O2.Cu.Li/c2*1-3-5-7-9-11-14-12-13-10-8-6-4-2;;/h2*4H,3,5-12H2,1-2H3;;/q2*-1;+2;. The van der Waals surface area contributed by atoms with Crippen molar-refractivity contribution >= 4 is 18.9 Å². The van der Waals surface area contributed by atoms with Crippen LogP contribution in [0, 0.1) is 12.8 Å². The Labute approximate surface area is 211 Å². The first-order valence-corrected chi connectivity index (χ1v) is 11.7. The fraction of sp³-hybridized carbons (Fsp3) is 0.917. The van der Waals surface area contributed by atoms with E-state index in [1.807, 2.05) is 0 Å². The number of hydrogen-bond acceptors (Lipinski definition) is 4. The quantitative estimate of drug-likeness (QED) is 0.0756. The molecule has 0 N–H and O–H groups in total. The van der Waals surface area contributed by atoms with E-state index in [2.05, 4.69) is 40.5 Å². The summed E-state index contributed by atoms with van der Waals surface area (Å²) in [5.74, 6) is 0. The number of hydrogen-bond donors (Lipinski definition) is 0. The maximum atomic E-state index is 5.33. The summed E-state index contributed by atoms with van der Waals surface area (Å²) < 4.78 is 21.3. The van der Waals surface area contributed by atoms with Gasteiger partial charge in [0.1, 0.15) is 13.6 Å². The van der Waals surface area contributed by atoms with E-state index in [1.165, 1.54) is 51.4 Å². The fourth-order valence-electron chi connectivity index (χ4n) is 2.39. The first-order chi connectivity index (χ1) is 13.8.